The Labute approximate surface area is 188 Å². The van der Waals surface area contributed by atoms with Gasteiger partial charge in [-0.2, -0.15) is 0 Å². The quantitative estimate of drug-likeness (QED) is 0.288. The molecule has 0 aromatic heterocycles. The summed E-state index contributed by atoms with van der Waals surface area (Å²) >= 11 is 0. The zero-order valence-corrected chi connectivity index (χ0v) is 17.8. The van der Waals surface area contributed by atoms with E-state index >= 15 is 0 Å². The Kier molecular flexibility index (Phi) is 8.59. The number of amides is 3. The van der Waals surface area contributed by atoms with Crippen molar-refractivity contribution in [2.24, 2.45) is 0 Å². The summed E-state index contributed by atoms with van der Waals surface area (Å²) in [6, 6.07) is 9.72. The minimum atomic E-state index is -3.25. The van der Waals surface area contributed by atoms with Gasteiger partial charge >= 0.3 is 0 Å². The summed E-state index contributed by atoms with van der Waals surface area (Å²) in [5.74, 6) is 2.39. The Balaban J connectivity index is 2.15. The fraction of sp³-hybridized carbons (Fsp3) is 0.261. The number of halogens is 3. The Morgan fingerprint density at radius 2 is 1.67 bits per heavy atom. The van der Waals surface area contributed by atoms with E-state index in [4.69, 9.17) is 5.21 Å². The molecule has 10 heteroatoms. The van der Waals surface area contributed by atoms with E-state index in [9.17, 15) is 27.6 Å². The first-order valence-electron chi connectivity index (χ1n) is 9.72. The number of hydroxylamine groups is 1. The Morgan fingerprint density at radius 1 is 1.06 bits per heavy atom. The van der Waals surface area contributed by atoms with E-state index in [0.29, 0.717) is 12.0 Å². The zero-order chi connectivity index (χ0) is 24.6. The number of alkyl halides is 2. The molecule has 3 amide bonds. The minimum Gasteiger partial charge on any atom is -0.343 e. The van der Waals surface area contributed by atoms with Gasteiger partial charge in [0.2, 0.25) is 5.91 Å². The van der Waals surface area contributed by atoms with E-state index in [1.165, 1.54) is 41.9 Å². The van der Waals surface area contributed by atoms with E-state index < -0.39 is 35.7 Å². The standard InChI is InChI=1S/C23H22F3N3O4/c1-14(30)28-23(2,22(25)26)19(21(32)29-33)27-20(31)17-10-6-15(7-11-17)4-3-5-16-8-12-18(24)13-9-16/h6-13,19,22,33H,5H2,1-2H3,(H,27,31)(H,28,30)(H,29,32)/t19-,23?/m1/s1. The lowest BCUT2D eigenvalue weighted by molar-refractivity contribution is -0.137. The van der Waals surface area contributed by atoms with Crippen molar-refractivity contribution in [2.75, 3.05) is 0 Å². The lowest BCUT2D eigenvalue weighted by Gasteiger charge is -2.36. The average Bonchev–Trinajstić information content (AvgIpc) is 2.78. The molecule has 33 heavy (non-hydrogen) atoms. The molecule has 0 fully saturated rings. The van der Waals surface area contributed by atoms with Crippen molar-refractivity contribution in [1.29, 1.82) is 0 Å². The van der Waals surface area contributed by atoms with Crippen LogP contribution in [0.1, 0.15) is 35.3 Å². The second-order valence-electron chi connectivity index (χ2n) is 7.33. The van der Waals surface area contributed by atoms with Crippen LogP contribution in [-0.2, 0) is 16.0 Å². The summed E-state index contributed by atoms with van der Waals surface area (Å²) in [6.07, 6.45) is -2.86. The van der Waals surface area contributed by atoms with E-state index in [1.54, 1.807) is 12.1 Å². The Morgan fingerprint density at radius 3 is 2.18 bits per heavy atom. The molecule has 0 saturated carbocycles. The molecule has 0 spiro atoms. The highest BCUT2D eigenvalue weighted by atomic mass is 19.3. The van der Waals surface area contributed by atoms with Crippen LogP contribution in [0, 0.1) is 17.7 Å². The van der Waals surface area contributed by atoms with Gasteiger partial charge in [0.15, 0.2) is 0 Å². The van der Waals surface area contributed by atoms with E-state index in [2.05, 4.69) is 17.2 Å². The molecule has 2 aromatic rings. The lowest BCUT2D eigenvalue weighted by atomic mass is 9.91. The molecule has 0 aliphatic carbocycles. The van der Waals surface area contributed by atoms with Gasteiger partial charge in [0, 0.05) is 24.5 Å². The van der Waals surface area contributed by atoms with Crippen LogP contribution < -0.4 is 16.1 Å². The monoisotopic (exact) mass is 461 g/mol. The van der Waals surface area contributed by atoms with Gasteiger partial charge < -0.3 is 10.6 Å². The maximum Gasteiger partial charge on any atom is 0.268 e. The number of rotatable bonds is 7. The SMILES string of the molecule is CC(=O)NC(C)(C(F)F)[C@H](NC(=O)c1ccc(C#CCc2ccc(F)cc2)cc1)C(=O)NO. The molecule has 174 valence electrons. The predicted octanol–water partition coefficient (Wildman–Crippen LogP) is 2.18. The van der Waals surface area contributed by atoms with Crippen LogP contribution in [0.5, 0.6) is 0 Å². The molecule has 0 saturated heterocycles. The number of hydrogen-bond acceptors (Lipinski definition) is 4. The van der Waals surface area contributed by atoms with Gasteiger partial charge in [-0.25, -0.2) is 18.7 Å². The van der Waals surface area contributed by atoms with Crippen molar-refractivity contribution in [1.82, 2.24) is 16.1 Å². The topological polar surface area (TPSA) is 108 Å². The van der Waals surface area contributed by atoms with Crippen molar-refractivity contribution < 1.29 is 32.8 Å². The van der Waals surface area contributed by atoms with Crippen molar-refractivity contribution in [3.05, 3.63) is 71.0 Å². The molecule has 4 N–H and O–H groups in total. The second-order valence-corrected chi connectivity index (χ2v) is 7.33. The Hall–Kier alpha value is -3.84. The maximum absolute atomic E-state index is 13.7. The highest BCUT2D eigenvalue weighted by Crippen LogP contribution is 2.21. The van der Waals surface area contributed by atoms with Crippen LogP contribution in [0.25, 0.3) is 0 Å². The number of carbonyl (C=O) groups is 3. The van der Waals surface area contributed by atoms with Crippen LogP contribution in [0.3, 0.4) is 0 Å². The number of carbonyl (C=O) groups excluding carboxylic acids is 3. The summed E-state index contributed by atoms with van der Waals surface area (Å²) in [4.78, 5) is 36.0. The lowest BCUT2D eigenvalue weighted by Crippen LogP contribution is -2.68. The molecular formula is C23H22F3N3O4. The van der Waals surface area contributed by atoms with Gasteiger partial charge in [-0.3, -0.25) is 19.6 Å². The van der Waals surface area contributed by atoms with Crippen molar-refractivity contribution >= 4 is 17.7 Å². The molecule has 2 atom stereocenters. The average molecular weight is 461 g/mol. The fourth-order valence-electron chi connectivity index (χ4n) is 2.95. The third-order valence-electron chi connectivity index (χ3n) is 4.73. The maximum atomic E-state index is 13.7. The number of hydrogen-bond donors (Lipinski definition) is 4. The summed E-state index contributed by atoms with van der Waals surface area (Å²) in [5.41, 5.74) is 0.169. The third-order valence-corrected chi connectivity index (χ3v) is 4.73. The summed E-state index contributed by atoms with van der Waals surface area (Å²) in [5, 5.41) is 13.0. The fourth-order valence-corrected chi connectivity index (χ4v) is 2.95. The molecule has 2 aromatic carbocycles. The zero-order valence-electron chi connectivity index (χ0n) is 17.8. The molecule has 2 rings (SSSR count). The third kappa shape index (κ3) is 6.82. The van der Waals surface area contributed by atoms with Crippen LogP contribution in [0.15, 0.2) is 48.5 Å². The number of benzene rings is 2. The molecule has 0 aliphatic heterocycles. The van der Waals surface area contributed by atoms with Crippen LogP contribution in [-0.4, -0.2) is 40.9 Å². The molecule has 0 bridgehead atoms. The molecule has 1 unspecified atom stereocenters. The second kappa shape index (κ2) is 11.2. The first kappa shape index (κ1) is 25.4. The summed E-state index contributed by atoms with van der Waals surface area (Å²) in [7, 11) is 0. The van der Waals surface area contributed by atoms with Gasteiger partial charge in [-0.15, -0.1) is 0 Å². The van der Waals surface area contributed by atoms with Gasteiger partial charge in [0.05, 0.1) is 0 Å². The summed E-state index contributed by atoms with van der Waals surface area (Å²) in [6.45, 7) is 1.85. The Bertz CT molecular complexity index is 1060. The number of nitrogens with one attached hydrogen (secondary N) is 3. The van der Waals surface area contributed by atoms with E-state index in [-0.39, 0.29) is 11.4 Å². The van der Waals surface area contributed by atoms with E-state index in [0.717, 1.165) is 19.4 Å². The van der Waals surface area contributed by atoms with Gasteiger partial charge in [-0.05, 0) is 48.9 Å². The molecule has 0 aliphatic rings. The normalized spacial score (nSPS) is 13.2. The van der Waals surface area contributed by atoms with Crippen LogP contribution in [0.4, 0.5) is 13.2 Å². The molecule has 0 radical (unpaired) electrons. The van der Waals surface area contributed by atoms with Crippen molar-refractivity contribution in [3.8, 4) is 11.8 Å². The first-order chi connectivity index (χ1) is 15.6. The van der Waals surface area contributed by atoms with Crippen molar-refractivity contribution in [2.45, 2.75) is 38.3 Å². The smallest absolute Gasteiger partial charge is 0.268 e. The minimum absolute atomic E-state index is 0.0364. The van der Waals surface area contributed by atoms with Crippen LogP contribution in [0.2, 0.25) is 0 Å². The van der Waals surface area contributed by atoms with Gasteiger partial charge in [0.25, 0.3) is 18.2 Å². The summed E-state index contributed by atoms with van der Waals surface area (Å²) < 4.78 is 40.3. The molecule has 0 heterocycles. The molecule has 7 nitrogen and oxygen atoms in total. The van der Waals surface area contributed by atoms with Crippen LogP contribution >= 0.6 is 0 Å². The first-order valence-corrected chi connectivity index (χ1v) is 9.72. The van der Waals surface area contributed by atoms with Gasteiger partial charge in [-0.1, -0.05) is 24.0 Å². The molecular weight excluding hydrogens is 439 g/mol. The van der Waals surface area contributed by atoms with E-state index in [1.807, 2.05) is 5.32 Å². The highest BCUT2D eigenvalue weighted by Gasteiger charge is 2.48. The predicted molar refractivity (Wildman–Crippen MR) is 113 cm³/mol. The van der Waals surface area contributed by atoms with Crippen molar-refractivity contribution in [3.63, 3.8) is 0 Å². The van der Waals surface area contributed by atoms with Gasteiger partial charge in [0.1, 0.15) is 17.4 Å². The highest BCUT2D eigenvalue weighted by molar-refractivity contribution is 5.98. The largest absolute Gasteiger partial charge is 0.343 e.